The average molecular weight is 428 g/mol. The van der Waals surface area contributed by atoms with Crippen molar-refractivity contribution in [3.8, 4) is 17.1 Å². The van der Waals surface area contributed by atoms with Gasteiger partial charge in [-0.3, -0.25) is 4.79 Å². The summed E-state index contributed by atoms with van der Waals surface area (Å²) in [4.78, 5) is 12.5. The van der Waals surface area contributed by atoms with Gasteiger partial charge < -0.3 is 10.1 Å². The Labute approximate surface area is 164 Å². The monoisotopic (exact) mass is 427 g/mol. The van der Waals surface area contributed by atoms with E-state index in [1.165, 1.54) is 0 Å². The first-order valence-electron chi connectivity index (χ1n) is 8.71. The zero-order valence-electron chi connectivity index (χ0n) is 14.7. The van der Waals surface area contributed by atoms with Gasteiger partial charge in [-0.15, -0.1) is 5.10 Å². The van der Waals surface area contributed by atoms with E-state index in [2.05, 4.69) is 36.8 Å². The van der Waals surface area contributed by atoms with Crippen LogP contribution < -0.4 is 10.1 Å². The summed E-state index contributed by atoms with van der Waals surface area (Å²) in [5.74, 6) is 1.13. The van der Waals surface area contributed by atoms with Crippen LogP contribution in [0.5, 0.6) is 5.75 Å². The molecule has 8 heteroatoms. The first-order valence-corrected chi connectivity index (χ1v) is 9.51. The Kier molecular flexibility index (Phi) is 4.89. The molecule has 0 saturated heterocycles. The summed E-state index contributed by atoms with van der Waals surface area (Å²) >= 11 is 3.38. The van der Waals surface area contributed by atoms with E-state index in [4.69, 9.17) is 4.74 Å². The maximum atomic E-state index is 12.5. The molecule has 3 aromatic rings. The van der Waals surface area contributed by atoms with E-state index in [-0.39, 0.29) is 5.91 Å². The molecule has 0 bridgehead atoms. The topological polar surface area (TPSA) is 81.9 Å². The number of anilines is 1. The fourth-order valence-corrected chi connectivity index (χ4v) is 2.96. The van der Waals surface area contributed by atoms with Gasteiger partial charge in [0.05, 0.1) is 6.04 Å². The van der Waals surface area contributed by atoms with Crippen LogP contribution in [-0.4, -0.2) is 32.2 Å². The summed E-state index contributed by atoms with van der Waals surface area (Å²) in [6.45, 7) is 1.72. The van der Waals surface area contributed by atoms with Crippen molar-refractivity contribution >= 4 is 27.5 Å². The Bertz CT molecular complexity index is 953. The van der Waals surface area contributed by atoms with Gasteiger partial charge in [0, 0.05) is 15.7 Å². The van der Waals surface area contributed by atoms with Crippen molar-refractivity contribution in [2.75, 3.05) is 5.32 Å². The third-order valence-corrected chi connectivity index (χ3v) is 4.80. The van der Waals surface area contributed by atoms with E-state index < -0.39 is 6.10 Å². The number of carbonyl (C=O) groups is 1. The van der Waals surface area contributed by atoms with Crippen LogP contribution in [0.25, 0.3) is 11.4 Å². The number of ether oxygens (including phenoxy) is 1. The maximum absolute atomic E-state index is 12.5. The lowest BCUT2D eigenvalue weighted by atomic mass is 10.2. The van der Waals surface area contributed by atoms with Gasteiger partial charge in [0.15, 0.2) is 11.9 Å². The normalized spacial score (nSPS) is 14.6. The summed E-state index contributed by atoms with van der Waals surface area (Å²) in [6.07, 6.45) is 1.56. The second-order valence-electron chi connectivity index (χ2n) is 6.46. The van der Waals surface area contributed by atoms with Crippen LogP contribution in [-0.2, 0) is 4.79 Å². The zero-order chi connectivity index (χ0) is 18.8. The molecule has 0 spiro atoms. The van der Waals surface area contributed by atoms with Gasteiger partial charge in [-0.25, -0.2) is 4.68 Å². The molecule has 0 unspecified atom stereocenters. The highest BCUT2D eigenvalue weighted by Crippen LogP contribution is 2.36. The van der Waals surface area contributed by atoms with E-state index >= 15 is 0 Å². The van der Waals surface area contributed by atoms with Crippen molar-refractivity contribution in [3.63, 3.8) is 0 Å². The summed E-state index contributed by atoms with van der Waals surface area (Å²) < 4.78 is 8.50. The summed E-state index contributed by atoms with van der Waals surface area (Å²) in [5, 5.41) is 14.9. The summed E-state index contributed by atoms with van der Waals surface area (Å²) in [7, 11) is 0. The number of tetrazole rings is 1. The molecule has 1 fully saturated rings. The number of benzene rings is 2. The third kappa shape index (κ3) is 4.16. The van der Waals surface area contributed by atoms with E-state index in [0.717, 1.165) is 22.9 Å². The van der Waals surface area contributed by atoms with E-state index in [9.17, 15) is 4.79 Å². The molecule has 1 aliphatic carbocycles. The SMILES string of the molecule is C[C@@H](Oc1ccc(Br)cc1)C(=O)Nc1cccc(-c2nnnn2C2CC2)c1. The molecule has 0 radical (unpaired) electrons. The molecule has 1 aromatic heterocycles. The van der Waals surface area contributed by atoms with Gasteiger partial charge >= 0.3 is 0 Å². The van der Waals surface area contributed by atoms with Gasteiger partial charge in [-0.1, -0.05) is 28.1 Å². The maximum Gasteiger partial charge on any atom is 0.265 e. The van der Waals surface area contributed by atoms with Crippen LogP contribution in [0.3, 0.4) is 0 Å². The molecule has 27 heavy (non-hydrogen) atoms. The molecule has 1 amide bonds. The Morgan fingerprint density at radius 3 is 2.78 bits per heavy atom. The highest BCUT2D eigenvalue weighted by atomic mass is 79.9. The largest absolute Gasteiger partial charge is 0.481 e. The van der Waals surface area contributed by atoms with Crippen molar-refractivity contribution < 1.29 is 9.53 Å². The van der Waals surface area contributed by atoms with Crippen LogP contribution in [0.2, 0.25) is 0 Å². The smallest absolute Gasteiger partial charge is 0.265 e. The van der Waals surface area contributed by atoms with Crippen molar-refractivity contribution in [2.45, 2.75) is 31.9 Å². The summed E-state index contributed by atoms with van der Waals surface area (Å²) in [6, 6.07) is 15.2. The molecule has 2 aromatic carbocycles. The number of hydrogen-bond donors (Lipinski definition) is 1. The quantitative estimate of drug-likeness (QED) is 0.645. The van der Waals surface area contributed by atoms with Crippen LogP contribution >= 0.6 is 15.9 Å². The van der Waals surface area contributed by atoms with Crippen molar-refractivity contribution in [2.24, 2.45) is 0 Å². The van der Waals surface area contributed by atoms with Gasteiger partial charge in [0.2, 0.25) is 0 Å². The van der Waals surface area contributed by atoms with Crippen molar-refractivity contribution in [1.82, 2.24) is 20.2 Å². The van der Waals surface area contributed by atoms with E-state index in [1.807, 2.05) is 53.2 Å². The molecule has 1 aliphatic rings. The summed E-state index contributed by atoms with van der Waals surface area (Å²) in [5.41, 5.74) is 1.54. The van der Waals surface area contributed by atoms with E-state index in [1.54, 1.807) is 6.92 Å². The van der Waals surface area contributed by atoms with Gasteiger partial charge in [-0.05, 0) is 66.6 Å². The number of rotatable bonds is 6. The minimum Gasteiger partial charge on any atom is -0.481 e. The molecular formula is C19H18BrN5O2. The fraction of sp³-hybridized carbons (Fsp3) is 0.263. The predicted octanol–water partition coefficient (Wildman–Crippen LogP) is 3.84. The standard InChI is InChI=1S/C19H18BrN5O2/c1-12(27-17-9-5-14(20)6-10-17)19(26)21-15-4-2-3-13(11-15)18-22-23-24-25(18)16-7-8-16/h2-6,9-12,16H,7-8H2,1H3,(H,21,26)/t12-/m1/s1. The highest BCUT2D eigenvalue weighted by Gasteiger charge is 2.28. The molecular weight excluding hydrogens is 410 g/mol. The Balaban J connectivity index is 1.45. The van der Waals surface area contributed by atoms with Gasteiger partial charge in [0.25, 0.3) is 5.91 Å². The molecule has 0 aliphatic heterocycles. The van der Waals surface area contributed by atoms with Crippen LogP contribution in [0, 0.1) is 0 Å². The minimum atomic E-state index is -0.633. The number of halogens is 1. The minimum absolute atomic E-state index is 0.225. The lowest BCUT2D eigenvalue weighted by molar-refractivity contribution is -0.122. The average Bonchev–Trinajstić information content (AvgIpc) is 3.40. The number of amides is 1. The van der Waals surface area contributed by atoms with Crippen LogP contribution in [0.1, 0.15) is 25.8 Å². The molecule has 1 N–H and O–H groups in total. The third-order valence-electron chi connectivity index (χ3n) is 4.27. The van der Waals surface area contributed by atoms with Gasteiger partial charge in [-0.2, -0.15) is 0 Å². The Hall–Kier alpha value is -2.74. The van der Waals surface area contributed by atoms with Crippen LogP contribution in [0.4, 0.5) is 5.69 Å². The number of nitrogens with zero attached hydrogens (tertiary/aromatic N) is 4. The lowest BCUT2D eigenvalue weighted by Crippen LogP contribution is -2.30. The molecule has 4 rings (SSSR count). The number of carbonyl (C=O) groups excluding carboxylic acids is 1. The molecule has 1 atom stereocenters. The van der Waals surface area contributed by atoms with E-state index in [0.29, 0.717) is 23.3 Å². The molecule has 138 valence electrons. The van der Waals surface area contributed by atoms with Crippen molar-refractivity contribution in [3.05, 3.63) is 53.0 Å². The first kappa shape index (κ1) is 17.7. The molecule has 7 nitrogen and oxygen atoms in total. The Morgan fingerprint density at radius 2 is 2.04 bits per heavy atom. The zero-order valence-corrected chi connectivity index (χ0v) is 16.3. The lowest BCUT2D eigenvalue weighted by Gasteiger charge is -2.15. The predicted molar refractivity (Wildman–Crippen MR) is 104 cm³/mol. The highest BCUT2D eigenvalue weighted by molar-refractivity contribution is 9.10. The second-order valence-corrected chi connectivity index (χ2v) is 7.38. The fourth-order valence-electron chi connectivity index (χ4n) is 2.70. The number of aromatic nitrogens is 4. The number of nitrogens with one attached hydrogen (secondary N) is 1. The molecule has 1 heterocycles. The Morgan fingerprint density at radius 1 is 1.26 bits per heavy atom. The molecule has 1 saturated carbocycles. The first-order chi connectivity index (χ1) is 13.1. The second kappa shape index (κ2) is 7.48. The number of hydrogen-bond acceptors (Lipinski definition) is 5. The van der Waals surface area contributed by atoms with Crippen molar-refractivity contribution in [1.29, 1.82) is 0 Å². The van der Waals surface area contributed by atoms with Crippen LogP contribution in [0.15, 0.2) is 53.0 Å². The van der Waals surface area contributed by atoms with Gasteiger partial charge in [0.1, 0.15) is 5.75 Å².